The number of likely N-dealkylation sites (N-methyl/N-ethyl adjacent to an activating group) is 1. The summed E-state index contributed by atoms with van der Waals surface area (Å²) in [5, 5.41) is 22.6. The molecule has 0 radical (unpaired) electrons. The second-order valence-electron chi connectivity index (χ2n) is 5.29. The summed E-state index contributed by atoms with van der Waals surface area (Å²) in [4.78, 5) is 12.0. The molecule has 6 nitrogen and oxygen atoms in total. The van der Waals surface area contributed by atoms with Crippen LogP contribution in [-0.4, -0.2) is 43.1 Å². The van der Waals surface area contributed by atoms with Crippen LogP contribution in [0.4, 0.5) is 5.69 Å². The van der Waals surface area contributed by atoms with Crippen molar-refractivity contribution in [1.29, 1.82) is 0 Å². The highest BCUT2D eigenvalue weighted by molar-refractivity contribution is 8.23. The van der Waals surface area contributed by atoms with E-state index >= 15 is 0 Å². The number of thioether (sulfide) groups is 1. The van der Waals surface area contributed by atoms with Gasteiger partial charge in [0, 0.05) is 24.7 Å². The smallest absolute Gasteiger partial charge is 0.269 e. The van der Waals surface area contributed by atoms with Crippen LogP contribution >= 0.6 is 24.0 Å². The Hall–Kier alpha value is -1.67. The van der Waals surface area contributed by atoms with E-state index in [2.05, 4.69) is 0 Å². The molecule has 1 saturated heterocycles. The summed E-state index contributed by atoms with van der Waals surface area (Å²) in [6.07, 6.45) is 1.44. The van der Waals surface area contributed by atoms with E-state index in [1.54, 1.807) is 12.1 Å². The van der Waals surface area contributed by atoms with Crippen LogP contribution in [0.2, 0.25) is 0 Å². The van der Waals surface area contributed by atoms with Crippen molar-refractivity contribution in [3.8, 4) is 0 Å². The number of non-ortho nitro benzene ring substituents is 1. The van der Waals surface area contributed by atoms with Crippen LogP contribution in [0, 0.1) is 15.3 Å². The van der Waals surface area contributed by atoms with Crippen molar-refractivity contribution < 1.29 is 9.66 Å². The van der Waals surface area contributed by atoms with Crippen LogP contribution in [0.5, 0.6) is 0 Å². The van der Waals surface area contributed by atoms with Gasteiger partial charge in [-0.2, -0.15) is 4.74 Å². The fraction of sp³-hybridized carbons (Fsp3) is 0.385. The third-order valence-corrected chi connectivity index (χ3v) is 5.61. The van der Waals surface area contributed by atoms with Gasteiger partial charge in [-0.3, -0.25) is 10.1 Å². The molecule has 0 amide bonds. The van der Waals surface area contributed by atoms with Crippen LogP contribution < -0.4 is 0 Å². The normalized spacial score (nSPS) is 21.7. The van der Waals surface area contributed by atoms with E-state index in [9.17, 15) is 15.3 Å². The second kappa shape index (κ2) is 5.61. The van der Waals surface area contributed by atoms with E-state index in [4.69, 9.17) is 12.2 Å². The number of hydroxylamine groups is 1. The lowest BCUT2D eigenvalue weighted by molar-refractivity contribution is -0.480. The first-order chi connectivity index (χ1) is 9.73. The standard InChI is InChI=1S/C13H15N3O3S2/c1-13(2)11(21-12(20)14(13)3)15(17)8-9-4-6-10(7-5-9)16(18)19/h4-8,11H,1-3H3. The Morgan fingerprint density at radius 1 is 1.33 bits per heavy atom. The number of benzene rings is 1. The summed E-state index contributed by atoms with van der Waals surface area (Å²) < 4.78 is 1.55. The highest BCUT2D eigenvalue weighted by atomic mass is 32.2. The number of hydrogen-bond donors (Lipinski definition) is 0. The SMILES string of the molecule is CN1C(=S)SC([N+]([O-])=Cc2ccc([N+](=O)[O-])cc2)C1(C)C. The van der Waals surface area contributed by atoms with Crippen molar-refractivity contribution in [3.05, 3.63) is 45.2 Å². The average molecular weight is 325 g/mol. The summed E-state index contributed by atoms with van der Waals surface area (Å²) in [5.41, 5.74) is 0.231. The fourth-order valence-electron chi connectivity index (χ4n) is 1.98. The minimum Gasteiger partial charge on any atom is -0.623 e. The van der Waals surface area contributed by atoms with Crippen LogP contribution in [0.3, 0.4) is 0 Å². The molecule has 21 heavy (non-hydrogen) atoms. The predicted octanol–water partition coefficient (Wildman–Crippen LogP) is 2.59. The Bertz CT molecular complexity index is 614. The van der Waals surface area contributed by atoms with Crippen molar-refractivity contribution >= 4 is 40.2 Å². The van der Waals surface area contributed by atoms with Gasteiger partial charge in [0.1, 0.15) is 9.86 Å². The molecule has 2 rings (SSSR count). The van der Waals surface area contributed by atoms with Crippen molar-refractivity contribution in [1.82, 2.24) is 4.90 Å². The molecule has 1 unspecified atom stereocenters. The molecule has 1 aromatic rings. The number of nitro benzene ring substituents is 1. The molecule has 1 atom stereocenters. The number of hydrogen-bond acceptors (Lipinski definition) is 5. The van der Waals surface area contributed by atoms with Gasteiger partial charge >= 0.3 is 0 Å². The molecule has 0 N–H and O–H groups in total. The molecule has 1 fully saturated rings. The van der Waals surface area contributed by atoms with Gasteiger partial charge in [-0.25, -0.2) is 0 Å². The molecule has 0 aromatic heterocycles. The summed E-state index contributed by atoms with van der Waals surface area (Å²) in [5.74, 6) is 0. The molecule has 0 bridgehead atoms. The molecule has 8 heteroatoms. The van der Waals surface area contributed by atoms with Gasteiger partial charge in [0.2, 0.25) is 5.37 Å². The van der Waals surface area contributed by atoms with Crippen LogP contribution in [-0.2, 0) is 0 Å². The molecule has 112 valence electrons. The third-order valence-electron chi connectivity index (χ3n) is 3.57. The maximum absolute atomic E-state index is 12.4. The lowest BCUT2D eigenvalue weighted by Gasteiger charge is -2.30. The van der Waals surface area contributed by atoms with E-state index in [1.807, 2.05) is 25.8 Å². The van der Waals surface area contributed by atoms with E-state index in [-0.39, 0.29) is 16.6 Å². The Morgan fingerprint density at radius 3 is 2.33 bits per heavy atom. The summed E-state index contributed by atoms with van der Waals surface area (Å²) in [6.45, 7) is 3.91. The topological polar surface area (TPSA) is 72.5 Å². The average Bonchev–Trinajstić information content (AvgIpc) is 2.63. The quantitative estimate of drug-likeness (QED) is 0.212. The second-order valence-corrected chi connectivity index (χ2v) is 7.00. The molecular formula is C13H15N3O3S2. The summed E-state index contributed by atoms with van der Waals surface area (Å²) >= 11 is 6.58. The molecule has 1 aliphatic heterocycles. The van der Waals surface area contributed by atoms with Crippen molar-refractivity contribution in [3.63, 3.8) is 0 Å². The van der Waals surface area contributed by atoms with Crippen LogP contribution in [0.25, 0.3) is 0 Å². The zero-order chi connectivity index (χ0) is 15.8. The molecule has 0 spiro atoms. The van der Waals surface area contributed by atoms with Crippen molar-refractivity contribution in [2.24, 2.45) is 0 Å². The first-order valence-electron chi connectivity index (χ1n) is 6.22. The van der Waals surface area contributed by atoms with Gasteiger partial charge in [-0.15, -0.1) is 0 Å². The number of thiocarbonyl (C=S) groups is 1. The first kappa shape index (κ1) is 15.7. The van der Waals surface area contributed by atoms with Crippen LogP contribution in [0.15, 0.2) is 24.3 Å². The fourth-order valence-corrected chi connectivity index (χ4v) is 3.68. The Labute approximate surface area is 132 Å². The molecule has 0 saturated carbocycles. The summed E-state index contributed by atoms with van der Waals surface area (Å²) in [6, 6.07) is 5.86. The van der Waals surface area contributed by atoms with Gasteiger partial charge < -0.3 is 10.1 Å². The minimum absolute atomic E-state index is 0.00100. The molecular weight excluding hydrogens is 310 g/mol. The van der Waals surface area contributed by atoms with E-state index in [0.717, 1.165) is 4.74 Å². The van der Waals surface area contributed by atoms with Gasteiger partial charge in [0.25, 0.3) is 5.69 Å². The Morgan fingerprint density at radius 2 is 1.90 bits per heavy atom. The lowest BCUT2D eigenvalue weighted by Crippen LogP contribution is -2.47. The monoisotopic (exact) mass is 325 g/mol. The highest BCUT2D eigenvalue weighted by Gasteiger charge is 2.48. The Kier molecular flexibility index (Phi) is 4.20. The molecule has 1 heterocycles. The Balaban J connectivity index is 2.25. The highest BCUT2D eigenvalue weighted by Crippen LogP contribution is 2.38. The number of nitro groups is 1. The first-order valence-corrected chi connectivity index (χ1v) is 7.51. The minimum atomic E-state index is -0.470. The summed E-state index contributed by atoms with van der Waals surface area (Å²) in [7, 11) is 1.87. The van der Waals surface area contributed by atoms with Crippen LogP contribution in [0.1, 0.15) is 19.4 Å². The third kappa shape index (κ3) is 3.01. The lowest BCUT2D eigenvalue weighted by atomic mass is 10.0. The zero-order valence-electron chi connectivity index (χ0n) is 11.8. The molecule has 0 aliphatic carbocycles. The molecule has 1 aliphatic rings. The number of rotatable bonds is 3. The van der Waals surface area contributed by atoms with E-state index < -0.39 is 4.92 Å². The zero-order valence-corrected chi connectivity index (χ0v) is 13.5. The van der Waals surface area contributed by atoms with Gasteiger partial charge in [0.05, 0.1) is 4.92 Å². The van der Waals surface area contributed by atoms with E-state index in [1.165, 1.54) is 30.1 Å². The molecule has 1 aromatic carbocycles. The largest absolute Gasteiger partial charge is 0.623 e. The van der Waals surface area contributed by atoms with Crippen molar-refractivity contribution in [2.75, 3.05) is 7.05 Å². The van der Waals surface area contributed by atoms with Gasteiger partial charge in [-0.1, -0.05) is 12.2 Å². The maximum atomic E-state index is 12.4. The van der Waals surface area contributed by atoms with Gasteiger partial charge in [0.15, 0.2) is 6.21 Å². The van der Waals surface area contributed by atoms with Gasteiger partial charge in [-0.05, 0) is 37.7 Å². The van der Waals surface area contributed by atoms with E-state index in [0.29, 0.717) is 9.88 Å². The number of nitrogens with zero attached hydrogens (tertiary/aromatic N) is 3. The van der Waals surface area contributed by atoms with Crippen molar-refractivity contribution in [2.45, 2.75) is 24.8 Å². The predicted molar refractivity (Wildman–Crippen MR) is 87.7 cm³/mol. The maximum Gasteiger partial charge on any atom is 0.269 e.